The second-order valence-electron chi connectivity index (χ2n) is 9.39. The van der Waals surface area contributed by atoms with Crippen molar-refractivity contribution < 1.29 is 28.9 Å². The highest BCUT2D eigenvalue weighted by Gasteiger charge is 2.52. The minimum absolute atomic E-state index is 0.0349. The lowest BCUT2D eigenvalue weighted by molar-refractivity contribution is -0.189. The number of benzene rings is 1. The van der Waals surface area contributed by atoms with Crippen molar-refractivity contribution in [2.75, 3.05) is 19.7 Å². The van der Waals surface area contributed by atoms with Crippen LogP contribution in [0.2, 0.25) is 0 Å². The van der Waals surface area contributed by atoms with E-state index in [1.165, 1.54) is 0 Å². The zero-order valence-electron chi connectivity index (χ0n) is 18.6. The molecule has 3 aliphatic heterocycles. The van der Waals surface area contributed by atoms with Gasteiger partial charge in [0, 0.05) is 43.3 Å². The quantitative estimate of drug-likeness (QED) is 0.737. The van der Waals surface area contributed by atoms with E-state index in [0.29, 0.717) is 32.5 Å². The van der Waals surface area contributed by atoms with Crippen LogP contribution in [-0.4, -0.2) is 53.3 Å². The number of likely N-dealkylation sites (tertiary alicyclic amines) is 1. The first-order chi connectivity index (χ1) is 14.8. The lowest BCUT2D eigenvalue weighted by atomic mass is 9.70. The van der Waals surface area contributed by atoms with E-state index in [1.807, 2.05) is 24.0 Å². The average Bonchev–Trinajstić information content (AvgIpc) is 2.72. The SMILES string of the molecule is CCOc1cccc2c1OC(C)(C)[C@H]1C[C@H]3CN(C(=O)CCCC(=O)O)CC[C@@H]3O[C@H]21. The number of carboxylic acids is 1. The maximum atomic E-state index is 12.6. The van der Waals surface area contributed by atoms with E-state index >= 15 is 0 Å². The third-order valence-electron chi connectivity index (χ3n) is 6.92. The molecule has 0 radical (unpaired) electrons. The zero-order valence-corrected chi connectivity index (χ0v) is 18.6. The minimum atomic E-state index is -0.856. The molecule has 1 N–H and O–H groups in total. The molecule has 170 valence electrons. The van der Waals surface area contributed by atoms with Crippen LogP contribution in [0.4, 0.5) is 0 Å². The summed E-state index contributed by atoms with van der Waals surface area (Å²) < 4.78 is 18.9. The van der Waals surface area contributed by atoms with Gasteiger partial charge in [0.2, 0.25) is 5.91 Å². The number of rotatable bonds is 6. The molecule has 0 saturated carbocycles. The van der Waals surface area contributed by atoms with Crippen LogP contribution in [0.25, 0.3) is 0 Å². The number of fused-ring (bicyclic) bond motifs is 4. The van der Waals surface area contributed by atoms with Gasteiger partial charge in [0.05, 0.1) is 18.8 Å². The molecular weight excluding hydrogens is 398 g/mol. The molecule has 3 heterocycles. The van der Waals surface area contributed by atoms with Crippen molar-refractivity contribution in [3.63, 3.8) is 0 Å². The van der Waals surface area contributed by atoms with Crippen LogP contribution in [-0.2, 0) is 14.3 Å². The number of hydrogen-bond donors (Lipinski definition) is 1. The minimum Gasteiger partial charge on any atom is -0.490 e. The van der Waals surface area contributed by atoms with E-state index in [2.05, 4.69) is 19.9 Å². The van der Waals surface area contributed by atoms with Crippen LogP contribution >= 0.6 is 0 Å². The Labute approximate surface area is 183 Å². The van der Waals surface area contributed by atoms with E-state index in [1.54, 1.807) is 0 Å². The van der Waals surface area contributed by atoms with Crippen LogP contribution in [0.3, 0.4) is 0 Å². The number of para-hydroxylation sites is 1. The fourth-order valence-electron chi connectivity index (χ4n) is 5.34. The number of carbonyl (C=O) groups is 2. The number of carbonyl (C=O) groups excluding carboxylic acids is 1. The summed E-state index contributed by atoms with van der Waals surface area (Å²) in [7, 11) is 0. The number of hydrogen-bond acceptors (Lipinski definition) is 5. The monoisotopic (exact) mass is 431 g/mol. The Hall–Kier alpha value is -2.28. The van der Waals surface area contributed by atoms with E-state index in [-0.39, 0.29) is 36.4 Å². The van der Waals surface area contributed by atoms with Gasteiger partial charge in [0.25, 0.3) is 0 Å². The number of ether oxygens (including phenoxy) is 3. The molecule has 4 rings (SSSR count). The number of piperidine rings is 1. The highest BCUT2D eigenvalue weighted by molar-refractivity contribution is 5.77. The molecule has 1 aromatic carbocycles. The van der Waals surface area contributed by atoms with Gasteiger partial charge in [-0.3, -0.25) is 9.59 Å². The van der Waals surface area contributed by atoms with E-state index < -0.39 is 11.6 Å². The molecule has 31 heavy (non-hydrogen) atoms. The molecule has 4 atom stereocenters. The predicted molar refractivity (Wildman–Crippen MR) is 114 cm³/mol. The van der Waals surface area contributed by atoms with E-state index in [0.717, 1.165) is 29.9 Å². The molecule has 3 aliphatic rings. The average molecular weight is 432 g/mol. The largest absolute Gasteiger partial charge is 0.490 e. The van der Waals surface area contributed by atoms with Crippen molar-refractivity contribution in [1.82, 2.24) is 4.90 Å². The number of nitrogens with zero attached hydrogens (tertiary/aromatic N) is 1. The normalized spacial score (nSPS) is 28.5. The molecule has 0 aromatic heterocycles. The van der Waals surface area contributed by atoms with Gasteiger partial charge in [-0.1, -0.05) is 12.1 Å². The first-order valence-corrected chi connectivity index (χ1v) is 11.4. The Morgan fingerprint density at radius 2 is 2.10 bits per heavy atom. The fraction of sp³-hybridized carbons (Fsp3) is 0.667. The Morgan fingerprint density at radius 3 is 2.84 bits per heavy atom. The zero-order chi connectivity index (χ0) is 22.2. The van der Waals surface area contributed by atoms with Crippen molar-refractivity contribution >= 4 is 11.9 Å². The van der Waals surface area contributed by atoms with Crippen molar-refractivity contribution in [1.29, 1.82) is 0 Å². The third kappa shape index (κ3) is 4.38. The van der Waals surface area contributed by atoms with Crippen LogP contribution < -0.4 is 9.47 Å². The Morgan fingerprint density at radius 1 is 1.29 bits per heavy atom. The van der Waals surface area contributed by atoms with Gasteiger partial charge in [0.15, 0.2) is 11.5 Å². The summed E-state index contributed by atoms with van der Waals surface area (Å²) in [6, 6.07) is 6.02. The lowest BCUT2D eigenvalue weighted by Crippen LogP contribution is -2.56. The van der Waals surface area contributed by atoms with Gasteiger partial charge in [-0.2, -0.15) is 0 Å². The van der Waals surface area contributed by atoms with Crippen LogP contribution in [0, 0.1) is 11.8 Å². The summed E-state index contributed by atoms with van der Waals surface area (Å²) in [5, 5.41) is 8.81. The fourth-order valence-corrected chi connectivity index (χ4v) is 5.34. The van der Waals surface area contributed by atoms with E-state index in [9.17, 15) is 9.59 Å². The molecule has 7 nitrogen and oxygen atoms in total. The molecule has 1 amide bonds. The molecule has 7 heteroatoms. The Bertz CT molecular complexity index is 837. The molecule has 0 bridgehead atoms. The summed E-state index contributed by atoms with van der Waals surface area (Å²) >= 11 is 0. The maximum absolute atomic E-state index is 12.6. The summed E-state index contributed by atoms with van der Waals surface area (Å²) in [6.45, 7) is 8.10. The second-order valence-corrected chi connectivity index (χ2v) is 9.39. The van der Waals surface area contributed by atoms with E-state index in [4.69, 9.17) is 19.3 Å². The Balaban J connectivity index is 1.49. The van der Waals surface area contributed by atoms with Gasteiger partial charge in [-0.05, 0) is 46.1 Å². The van der Waals surface area contributed by atoms with Gasteiger partial charge in [-0.15, -0.1) is 0 Å². The summed E-state index contributed by atoms with van der Waals surface area (Å²) in [5.41, 5.74) is 0.643. The molecule has 0 aliphatic carbocycles. The van der Waals surface area contributed by atoms with Crippen molar-refractivity contribution in [2.24, 2.45) is 11.8 Å². The Kier molecular flexibility index (Phi) is 6.15. The topological polar surface area (TPSA) is 85.3 Å². The molecule has 2 fully saturated rings. The molecule has 0 spiro atoms. The number of aliphatic carboxylic acids is 1. The van der Waals surface area contributed by atoms with Gasteiger partial charge >= 0.3 is 5.97 Å². The molecule has 2 saturated heterocycles. The van der Waals surface area contributed by atoms with Crippen LogP contribution in [0.1, 0.15) is 64.5 Å². The smallest absolute Gasteiger partial charge is 0.303 e. The third-order valence-corrected chi connectivity index (χ3v) is 6.92. The lowest BCUT2D eigenvalue weighted by Gasteiger charge is -2.53. The summed E-state index contributed by atoms with van der Waals surface area (Å²) in [5.74, 6) is 1.19. The first kappa shape index (κ1) is 21.9. The van der Waals surface area contributed by atoms with Crippen LogP contribution in [0.5, 0.6) is 11.5 Å². The second kappa shape index (κ2) is 8.69. The molecule has 1 aromatic rings. The number of carboxylic acid groups (broad SMARTS) is 1. The van der Waals surface area contributed by atoms with Gasteiger partial charge < -0.3 is 24.2 Å². The molecule has 0 unspecified atom stereocenters. The standard InChI is InChI=1S/C24H33NO6/c1-4-29-19-8-5-7-16-22-17(24(2,3)31-23(16)19)13-15-14-25(12-11-18(15)30-22)20(26)9-6-10-21(27)28/h5,7-8,15,17-18,22H,4,6,9-14H2,1-3H3,(H,27,28)/t15-,17-,18-,22+/m0/s1. The van der Waals surface area contributed by atoms with Gasteiger partial charge in [0.1, 0.15) is 5.60 Å². The highest BCUT2D eigenvalue weighted by Crippen LogP contribution is 2.55. The van der Waals surface area contributed by atoms with Gasteiger partial charge in [-0.25, -0.2) is 0 Å². The van der Waals surface area contributed by atoms with Crippen molar-refractivity contribution in [2.45, 2.75) is 70.7 Å². The highest BCUT2D eigenvalue weighted by atomic mass is 16.5. The number of amides is 1. The van der Waals surface area contributed by atoms with Crippen molar-refractivity contribution in [3.05, 3.63) is 23.8 Å². The summed E-state index contributed by atoms with van der Waals surface area (Å²) in [6.07, 6.45) is 2.52. The summed E-state index contributed by atoms with van der Waals surface area (Å²) in [4.78, 5) is 25.2. The van der Waals surface area contributed by atoms with Crippen LogP contribution in [0.15, 0.2) is 18.2 Å². The first-order valence-electron chi connectivity index (χ1n) is 11.4. The predicted octanol–water partition coefficient (Wildman–Crippen LogP) is 3.81. The maximum Gasteiger partial charge on any atom is 0.303 e. The molecular formula is C24H33NO6. The van der Waals surface area contributed by atoms with Crippen molar-refractivity contribution in [3.8, 4) is 11.5 Å².